The van der Waals surface area contributed by atoms with Crippen molar-refractivity contribution in [2.24, 2.45) is 0 Å². The maximum absolute atomic E-state index is 13.6. The molecule has 3 aromatic rings. The van der Waals surface area contributed by atoms with E-state index in [9.17, 15) is 21.6 Å². The number of methoxy groups -OCH3 is 1. The van der Waals surface area contributed by atoms with Gasteiger partial charge in [-0.05, 0) is 89.9 Å². The summed E-state index contributed by atoms with van der Waals surface area (Å²) in [6.45, 7) is 2.18. The molecule has 2 N–H and O–H groups in total. The minimum atomic E-state index is -4.42. The van der Waals surface area contributed by atoms with E-state index in [0.29, 0.717) is 28.4 Å². The molecule has 0 unspecified atom stereocenters. The average molecular weight is 605 g/mol. The lowest BCUT2D eigenvalue weighted by Gasteiger charge is -2.33. The first kappa shape index (κ1) is 31.6. The van der Waals surface area contributed by atoms with Crippen molar-refractivity contribution < 1.29 is 26.3 Å². The molecule has 0 spiro atoms. The van der Waals surface area contributed by atoms with Crippen LogP contribution < -0.4 is 15.4 Å². The minimum absolute atomic E-state index is 0.112. The molecule has 0 radical (unpaired) electrons. The van der Waals surface area contributed by atoms with E-state index in [1.54, 1.807) is 38.1 Å². The van der Waals surface area contributed by atoms with Crippen LogP contribution in [0.5, 0.6) is 5.75 Å². The Kier molecular flexibility index (Phi) is 9.68. The Balaban J connectivity index is 1.56. The highest BCUT2D eigenvalue weighted by Gasteiger charge is 2.30. The predicted octanol–water partition coefficient (Wildman–Crippen LogP) is 6.14. The zero-order valence-electron chi connectivity index (χ0n) is 24.7. The van der Waals surface area contributed by atoms with Crippen LogP contribution in [0.25, 0.3) is 10.9 Å². The monoisotopic (exact) mass is 604 g/mol. The molecule has 0 aliphatic heterocycles. The van der Waals surface area contributed by atoms with Gasteiger partial charge < -0.3 is 24.8 Å². The molecule has 4 rings (SSSR count). The Morgan fingerprint density at radius 3 is 2.40 bits per heavy atom. The van der Waals surface area contributed by atoms with Gasteiger partial charge in [0.25, 0.3) is 0 Å². The summed E-state index contributed by atoms with van der Waals surface area (Å²) in [5, 5.41) is 6.79. The first-order valence-electron chi connectivity index (χ1n) is 14.1. The largest absolute Gasteiger partial charge is 0.495 e. The third kappa shape index (κ3) is 7.34. The lowest BCUT2D eigenvalue weighted by Crippen LogP contribution is -2.36. The summed E-state index contributed by atoms with van der Waals surface area (Å²) in [4.78, 5) is 2.40. The van der Waals surface area contributed by atoms with Crippen LogP contribution >= 0.6 is 0 Å². The Labute approximate surface area is 246 Å². The summed E-state index contributed by atoms with van der Waals surface area (Å²) >= 11 is 0. The van der Waals surface area contributed by atoms with E-state index in [0.717, 1.165) is 31.4 Å². The fraction of sp³-hybridized carbons (Fsp3) is 0.484. The van der Waals surface area contributed by atoms with E-state index in [-0.39, 0.29) is 23.2 Å². The SMILES string of the molecule is COc1cc(S(=O)(=O)C(C)C)ccc1NCC#Cc1cc2c(NC3CCC(N(C)C)CC3)cccc2n1CC(F)(F)F. The first-order valence-corrected chi connectivity index (χ1v) is 15.6. The Morgan fingerprint density at radius 1 is 1.07 bits per heavy atom. The molecule has 1 aliphatic carbocycles. The molecule has 1 aromatic heterocycles. The van der Waals surface area contributed by atoms with Gasteiger partial charge in [0.1, 0.15) is 12.3 Å². The normalized spacial score (nSPS) is 17.8. The Morgan fingerprint density at radius 2 is 1.79 bits per heavy atom. The fourth-order valence-corrected chi connectivity index (χ4v) is 6.43. The number of hydrogen-bond donors (Lipinski definition) is 2. The van der Waals surface area contributed by atoms with Crippen LogP contribution in [0.1, 0.15) is 45.2 Å². The number of nitrogens with zero attached hydrogens (tertiary/aromatic N) is 2. The smallest absolute Gasteiger partial charge is 0.406 e. The highest BCUT2D eigenvalue weighted by Crippen LogP contribution is 2.33. The predicted molar refractivity (Wildman–Crippen MR) is 162 cm³/mol. The van der Waals surface area contributed by atoms with Gasteiger partial charge in [0.15, 0.2) is 9.84 Å². The van der Waals surface area contributed by atoms with E-state index in [2.05, 4.69) is 41.5 Å². The van der Waals surface area contributed by atoms with Gasteiger partial charge in [0.2, 0.25) is 0 Å². The number of alkyl halides is 3. The van der Waals surface area contributed by atoms with Gasteiger partial charge in [-0.2, -0.15) is 13.2 Å². The van der Waals surface area contributed by atoms with Gasteiger partial charge in [-0.15, -0.1) is 0 Å². The minimum Gasteiger partial charge on any atom is -0.495 e. The molecule has 0 atom stereocenters. The molecule has 42 heavy (non-hydrogen) atoms. The summed E-state index contributed by atoms with van der Waals surface area (Å²) in [6, 6.07) is 12.4. The molecule has 0 bridgehead atoms. The third-order valence-corrected chi connectivity index (χ3v) is 9.93. The van der Waals surface area contributed by atoms with E-state index in [1.807, 2.05) is 6.07 Å². The van der Waals surface area contributed by atoms with Gasteiger partial charge in [-0.25, -0.2) is 8.42 Å². The standard InChI is InChI=1S/C31H39F3N4O3S/c1-21(2)42(39,40)25-15-16-28(30(19-25)41-5)35-17-7-8-24-18-26-27(36-22-11-13-23(14-12-22)37(3)4)9-6-10-29(26)38(24)20-31(32,33)34/h6,9-10,15-16,18-19,21-23,35-36H,11-14,17,20H2,1-5H3. The molecule has 11 heteroatoms. The molecule has 228 valence electrons. The molecule has 0 saturated heterocycles. The summed E-state index contributed by atoms with van der Waals surface area (Å²) in [7, 11) is 2.14. The number of hydrogen-bond acceptors (Lipinski definition) is 6. The van der Waals surface area contributed by atoms with Crippen molar-refractivity contribution in [1.82, 2.24) is 9.47 Å². The van der Waals surface area contributed by atoms with Gasteiger partial charge in [-0.3, -0.25) is 0 Å². The van der Waals surface area contributed by atoms with Crippen LogP contribution in [-0.4, -0.2) is 69.1 Å². The van der Waals surface area contributed by atoms with Crippen LogP contribution in [0.2, 0.25) is 0 Å². The van der Waals surface area contributed by atoms with Crippen molar-refractivity contribution in [2.75, 3.05) is 38.4 Å². The van der Waals surface area contributed by atoms with Crippen LogP contribution in [0.3, 0.4) is 0 Å². The maximum atomic E-state index is 13.6. The summed E-state index contributed by atoms with van der Waals surface area (Å²) in [5.41, 5.74) is 2.07. The number of nitrogens with one attached hydrogen (secondary N) is 2. The molecule has 0 amide bonds. The van der Waals surface area contributed by atoms with Crippen molar-refractivity contribution in [3.05, 3.63) is 48.2 Å². The second-order valence-electron chi connectivity index (χ2n) is 11.2. The number of aromatic nitrogens is 1. The molecule has 1 saturated carbocycles. The number of rotatable bonds is 9. The zero-order chi connectivity index (χ0) is 30.7. The van der Waals surface area contributed by atoms with Crippen molar-refractivity contribution in [2.45, 2.75) is 74.5 Å². The molecule has 1 aliphatic rings. The topological polar surface area (TPSA) is 75.6 Å². The molecular weight excluding hydrogens is 565 g/mol. The van der Waals surface area contributed by atoms with E-state index in [4.69, 9.17) is 4.74 Å². The number of fused-ring (bicyclic) bond motifs is 1. The summed E-state index contributed by atoms with van der Waals surface area (Å²) in [6.07, 6.45) is -0.287. The van der Waals surface area contributed by atoms with Crippen LogP contribution in [0.15, 0.2) is 47.4 Å². The molecule has 7 nitrogen and oxygen atoms in total. The van der Waals surface area contributed by atoms with Gasteiger partial charge >= 0.3 is 6.18 Å². The maximum Gasteiger partial charge on any atom is 0.406 e. The van der Waals surface area contributed by atoms with Gasteiger partial charge in [0.05, 0.1) is 40.7 Å². The van der Waals surface area contributed by atoms with Gasteiger partial charge in [0, 0.05) is 29.2 Å². The van der Waals surface area contributed by atoms with Crippen molar-refractivity contribution >= 4 is 32.1 Å². The summed E-state index contributed by atoms with van der Waals surface area (Å²) in [5.74, 6) is 6.17. The van der Waals surface area contributed by atoms with Crippen molar-refractivity contribution in [1.29, 1.82) is 0 Å². The van der Waals surface area contributed by atoms with E-state index in [1.165, 1.54) is 23.8 Å². The third-order valence-electron chi connectivity index (χ3n) is 7.78. The quantitative estimate of drug-likeness (QED) is 0.286. The number of halogens is 3. The molecule has 2 aromatic carbocycles. The van der Waals surface area contributed by atoms with Crippen LogP contribution in [0.4, 0.5) is 24.5 Å². The Hall–Kier alpha value is -3.36. The molecule has 1 fully saturated rings. The highest BCUT2D eigenvalue weighted by molar-refractivity contribution is 7.92. The van der Waals surface area contributed by atoms with E-state index < -0.39 is 27.8 Å². The Bertz CT molecular complexity index is 1560. The molecular formula is C31H39F3N4O3S. The first-order chi connectivity index (χ1) is 19.8. The lowest BCUT2D eigenvalue weighted by molar-refractivity contribution is -0.140. The second kappa shape index (κ2) is 12.9. The zero-order valence-corrected chi connectivity index (χ0v) is 25.5. The summed E-state index contributed by atoms with van der Waals surface area (Å²) < 4.78 is 72.4. The van der Waals surface area contributed by atoms with Crippen LogP contribution in [-0.2, 0) is 16.4 Å². The van der Waals surface area contributed by atoms with Crippen LogP contribution in [0, 0.1) is 11.8 Å². The molecule has 1 heterocycles. The van der Waals surface area contributed by atoms with Crippen molar-refractivity contribution in [3.63, 3.8) is 0 Å². The lowest BCUT2D eigenvalue weighted by atomic mass is 9.90. The second-order valence-corrected chi connectivity index (χ2v) is 13.7. The van der Waals surface area contributed by atoms with E-state index >= 15 is 0 Å². The number of sulfone groups is 1. The highest BCUT2D eigenvalue weighted by atomic mass is 32.2. The number of ether oxygens (including phenoxy) is 1. The number of benzene rings is 2. The fourth-order valence-electron chi connectivity index (χ4n) is 5.36. The van der Waals surface area contributed by atoms with Crippen molar-refractivity contribution in [3.8, 4) is 17.6 Å². The van der Waals surface area contributed by atoms with Gasteiger partial charge in [-0.1, -0.05) is 12.0 Å². The number of anilines is 2. The average Bonchev–Trinajstić information content (AvgIpc) is 3.27.